The van der Waals surface area contributed by atoms with Gasteiger partial charge in [0.2, 0.25) is 0 Å². The van der Waals surface area contributed by atoms with Crippen LogP contribution in [0.15, 0.2) is 18.2 Å². The minimum atomic E-state index is 0.0584. The van der Waals surface area contributed by atoms with Crippen LogP contribution in [-0.2, 0) is 0 Å². The predicted molar refractivity (Wildman–Crippen MR) is 72.6 cm³/mol. The summed E-state index contributed by atoms with van der Waals surface area (Å²) in [5.74, 6) is 1.48. The molecule has 1 unspecified atom stereocenters. The molecule has 0 radical (unpaired) electrons. The van der Waals surface area contributed by atoms with Gasteiger partial charge < -0.3 is 9.47 Å². The van der Waals surface area contributed by atoms with E-state index in [0.29, 0.717) is 17.1 Å². The van der Waals surface area contributed by atoms with E-state index >= 15 is 0 Å². The van der Waals surface area contributed by atoms with Gasteiger partial charge in [0.15, 0.2) is 17.3 Å². The molecule has 0 saturated carbocycles. The van der Waals surface area contributed by atoms with Crippen molar-refractivity contribution in [1.29, 1.82) is 0 Å². The minimum Gasteiger partial charge on any atom is -0.493 e. The molecule has 0 saturated heterocycles. The summed E-state index contributed by atoms with van der Waals surface area (Å²) in [6, 6.07) is 5.33. The Hall–Kier alpha value is -1.51. The van der Waals surface area contributed by atoms with Crippen LogP contribution in [0, 0.1) is 5.92 Å². The van der Waals surface area contributed by atoms with Crippen molar-refractivity contribution in [3.63, 3.8) is 0 Å². The summed E-state index contributed by atoms with van der Waals surface area (Å²) in [7, 11) is 3.16. The molecule has 0 amide bonds. The Morgan fingerprint density at radius 3 is 2.44 bits per heavy atom. The lowest BCUT2D eigenvalue weighted by Gasteiger charge is -2.12. The summed E-state index contributed by atoms with van der Waals surface area (Å²) < 4.78 is 10.4. The van der Waals surface area contributed by atoms with E-state index in [1.807, 2.05) is 6.92 Å². The van der Waals surface area contributed by atoms with Crippen LogP contribution in [0.3, 0.4) is 0 Å². The Morgan fingerprint density at radius 1 is 1.22 bits per heavy atom. The van der Waals surface area contributed by atoms with Gasteiger partial charge in [0.05, 0.1) is 14.2 Å². The van der Waals surface area contributed by atoms with Crippen LogP contribution in [-0.4, -0.2) is 20.0 Å². The molecule has 1 rings (SSSR count). The second kappa shape index (κ2) is 7.04. The van der Waals surface area contributed by atoms with Crippen molar-refractivity contribution in [3.05, 3.63) is 23.8 Å². The number of hydrogen-bond donors (Lipinski definition) is 0. The van der Waals surface area contributed by atoms with Crippen LogP contribution in [0.25, 0.3) is 0 Å². The summed E-state index contributed by atoms with van der Waals surface area (Å²) in [6.07, 6.45) is 3.13. The van der Waals surface area contributed by atoms with Gasteiger partial charge >= 0.3 is 0 Å². The highest BCUT2D eigenvalue weighted by molar-refractivity contribution is 5.98. The molecule has 0 aliphatic rings. The lowest BCUT2D eigenvalue weighted by Crippen LogP contribution is -2.11. The van der Waals surface area contributed by atoms with Crippen molar-refractivity contribution >= 4 is 5.78 Å². The van der Waals surface area contributed by atoms with Gasteiger partial charge in [-0.1, -0.05) is 26.7 Å². The van der Waals surface area contributed by atoms with Crippen molar-refractivity contribution in [2.24, 2.45) is 5.92 Å². The number of carbonyl (C=O) groups is 1. The smallest absolute Gasteiger partial charge is 0.165 e. The number of rotatable bonds is 7. The van der Waals surface area contributed by atoms with Gasteiger partial charge in [-0.15, -0.1) is 0 Å². The van der Waals surface area contributed by atoms with Gasteiger partial charge in [0, 0.05) is 11.5 Å². The summed E-state index contributed by atoms with van der Waals surface area (Å²) >= 11 is 0. The number of methoxy groups -OCH3 is 2. The van der Waals surface area contributed by atoms with E-state index in [2.05, 4.69) is 6.92 Å². The largest absolute Gasteiger partial charge is 0.493 e. The number of ketones is 1. The van der Waals surface area contributed by atoms with Crippen molar-refractivity contribution in [2.45, 2.75) is 33.1 Å². The fraction of sp³-hybridized carbons (Fsp3) is 0.533. The number of carbonyl (C=O) groups excluding carboxylic acids is 1. The number of unbranched alkanes of at least 4 members (excludes halogenated alkanes) is 1. The van der Waals surface area contributed by atoms with Crippen molar-refractivity contribution in [2.75, 3.05) is 14.2 Å². The quantitative estimate of drug-likeness (QED) is 0.692. The summed E-state index contributed by atoms with van der Waals surface area (Å²) in [6.45, 7) is 4.11. The Balaban J connectivity index is 2.86. The lowest BCUT2D eigenvalue weighted by molar-refractivity contribution is 0.0922. The van der Waals surface area contributed by atoms with Crippen LogP contribution >= 0.6 is 0 Å². The maximum Gasteiger partial charge on any atom is 0.165 e. The summed E-state index contributed by atoms with van der Waals surface area (Å²) in [5.41, 5.74) is 0.691. The molecule has 3 nitrogen and oxygen atoms in total. The molecule has 0 aliphatic carbocycles. The molecular formula is C15H22O3. The Bertz CT molecular complexity index is 399. The third-order valence-corrected chi connectivity index (χ3v) is 3.11. The molecular weight excluding hydrogens is 228 g/mol. The highest BCUT2D eigenvalue weighted by Gasteiger charge is 2.16. The standard InChI is InChI=1S/C15H22O3/c1-5-6-7-11(2)15(16)12-8-9-13(17-3)14(10-12)18-4/h8-11H,5-7H2,1-4H3. The van der Waals surface area contributed by atoms with Gasteiger partial charge in [-0.2, -0.15) is 0 Å². The zero-order chi connectivity index (χ0) is 13.5. The first-order valence-electron chi connectivity index (χ1n) is 6.40. The molecule has 0 aromatic heterocycles. The second-order valence-electron chi connectivity index (χ2n) is 4.48. The maximum absolute atomic E-state index is 12.2. The Kier molecular flexibility index (Phi) is 5.69. The molecule has 0 spiro atoms. The predicted octanol–water partition coefficient (Wildman–Crippen LogP) is 3.71. The third kappa shape index (κ3) is 3.49. The number of Topliss-reactive ketones (excluding diaryl/α,β-unsaturated/α-hetero) is 1. The topological polar surface area (TPSA) is 35.5 Å². The number of hydrogen-bond acceptors (Lipinski definition) is 3. The SMILES string of the molecule is CCCCC(C)C(=O)c1ccc(OC)c(OC)c1. The zero-order valence-corrected chi connectivity index (χ0v) is 11.7. The van der Waals surface area contributed by atoms with Crippen LogP contribution in [0.5, 0.6) is 11.5 Å². The van der Waals surface area contributed by atoms with Crippen molar-refractivity contribution in [1.82, 2.24) is 0 Å². The van der Waals surface area contributed by atoms with Gasteiger partial charge in [-0.3, -0.25) is 4.79 Å². The first kappa shape index (κ1) is 14.6. The first-order valence-corrected chi connectivity index (χ1v) is 6.40. The normalized spacial score (nSPS) is 12.0. The van der Waals surface area contributed by atoms with Gasteiger partial charge in [0.1, 0.15) is 0 Å². The molecule has 3 heteroatoms. The van der Waals surface area contributed by atoms with Crippen LogP contribution in [0.2, 0.25) is 0 Å². The fourth-order valence-corrected chi connectivity index (χ4v) is 1.92. The van der Waals surface area contributed by atoms with Gasteiger partial charge in [-0.05, 0) is 24.6 Å². The highest BCUT2D eigenvalue weighted by atomic mass is 16.5. The lowest BCUT2D eigenvalue weighted by atomic mass is 9.94. The molecule has 18 heavy (non-hydrogen) atoms. The monoisotopic (exact) mass is 250 g/mol. The van der Waals surface area contributed by atoms with Crippen molar-refractivity contribution in [3.8, 4) is 11.5 Å². The van der Waals surface area contributed by atoms with E-state index < -0.39 is 0 Å². The maximum atomic E-state index is 12.2. The molecule has 0 fully saturated rings. The summed E-state index contributed by atoms with van der Waals surface area (Å²) in [5, 5.41) is 0. The van der Waals surface area contributed by atoms with E-state index in [4.69, 9.17) is 9.47 Å². The van der Waals surface area contributed by atoms with E-state index in [1.54, 1.807) is 32.4 Å². The minimum absolute atomic E-state index is 0.0584. The van der Waals surface area contributed by atoms with Crippen LogP contribution in [0.4, 0.5) is 0 Å². The molecule has 1 aromatic carbocycles. The van der Waals surface area contributed by atoms with E-state index in [1.165, 1.54) is 0 Å². The summed E-state index contributed by atoms with van der Waals surface area (Å²) in [4.78, 5) is 12.2. The number of benzene rings is 1. The van der Waals surface area contributed by atoms with E-state index in [-0.39, 0.29) is 11.7 Å². The highest BCUT2D eigenvalue weighted by Crippen LogP contribution is 2.29. The van der Waals surface area contributed by atoms with Crippen LogP contribution in [0.1, 0.15) is 43.5 Å². The Morgan fingerprint density at radius 2 is 1.89 bits per heavy atom. The molecule has 100 valence electrons. The van der Waals surface area contributed by atoms with Gasteiger partial charge in [-0.25, -0.2) is 0 Å². The third-order valence-electron chi connectivity index (χ3n) is 3.11. The Labute approximate surface area is 109 Å². The molecule has 1 atom stereocenters. The first-order chi connectivity index (χ1) is 8.63. The van der Waals surface area contributed by atoms with Crippen LogP contribution < -0.4 is 9.47 Å². The second-order valence-corrected chi connectivity index (χ2v) is 4.48. The molecule has 0 bridgehead atoms. The molecule has 1 aromatic rings. The zero-order valence-electron chi connectivity index (χ0n) is 11.7. The molecule has 0 aliphatic heterocycles. The van der Waals surface area contributed by atoms with Gasteiger partial charge in [0.25, 0.3) is 0 Å². The number of ether oxygens (including phenoxy) is 2. The van der Waals surface area contributed by atoms with E-state index in [9.17, 15) is 4.79 Å². The van der Waals surface area contributed by atoms with E-state index in [0.717, 1.165) is 19.3 Å². The molecule has 0 heterocycles. The van der Waals surface area contributed by atoms with Crippen molar-refractivity contribution < 1.29 is 14.3 Å². The average Bonchev–Trinajstić information content (AvgIpc) is 2.42. The fourth-order valence-electron chi connectivity index (χ4n) is 1.92. The molecule has 0 N–H and O–H groups in total. The average molecular weight is 250 g/mol.